The molecule has 2 aromatic carbocycles. The van der Waals surface area contributed by atoms with Crippen LogP contribution < -0.4 is 5.32 Å². The molecule has 96 valence electrons. The van der Waals surface area contributed by atoms with Crippen molar-refractivity contribution in [2.75, 3.05) is 5.32 Å². The molecule has 20 heavy (non-hydrogen) atoms. The van der Waals surface area contributed by atoms with Crippen LogP contribution in [0.4, 0.5) is 5.69 Å². The van der Waals surface area contributed by atoms with Gasteiger partial charge in [-0.3, -0.25) is 4.79 Å². The molecule has 3 heteroatoms. The first-order valence-corrected chi connectivity index (χ1v) is 6.51. The molecule has 2 N–H and O–H groups in total. The lowest BCUT2D eigenvalue weighted by Crippen LogP contribution is -2.03. The maximum absolute atomic E-state index is 12.1. The van der Waals surface area contributed by atoms with Gasteiger partial charge in [0.1, 0.15) is 0 Å². The molecule has 1 aromatic heterocycles. The van der Waals surface area contributed by atoms with Crippen LogP contribution in [0.25, 0.3) is 22.6 Å². The quantitative estimate of drug-likeness (QED) is 0.644. The molecule has 1 aliphatic heterocycles. The number of H-pyrrole nitrogens is 1. The number of aromatic nitrogens is 1. The van der Waals surface area contributed by atoms with E-state index in [1.54, 1.807) is 0 Å². The minimum absolute atomic E-state index is 0.0437. The number of carbonyl (C=O) groups is 1. The van der Waals surface area contributed by atoms with E-state index < -0.39 is 0 Å². The first-order chi connectivity index (χ1) is 9.81. The second kappa shape index (κ2) is 4.10. The SMILES string of the molecule is O=C1Nc2ccccc2C1=Cc1ccc2cc[nH]c2c1. The third kappa shape index (κ3) is 1.64. The number of carbonyl (C=O) groups excluding carboxylic acids is 1. The van der Waals surface area contributed by atoms with Crippen molar-refractivity contribution in [3.63, 3.8) is 0 Å². The minimum Gasteiger partial charge on any atom is -0.361 e. The Bertz CT molecular complexity index is 858. The van der Waals surface area contributed by atoms with Gasteiger partial charge in [0.2, 0.25) is 0 Å². The van der Waals surface area contributed by atoms with E-state index in [4.69, 9.17) is 0 Å². The lowest BCUT2D eigenvalue weighted by Gasteiger charge is -1.99. The van der Waals surface area contributed by atoms with Crippen LogP contribution in [0.3, 0.4) is 0 Å². The van der Waals surface area contributed by atoms with Crippen LogP contribution in [0.5, 0.6) is 0 Å². The van der Waals surface area contributed by atoms with Gasteiger partial charge in [0, 0.05) is 28.5 Å². The number of anilines is 1. The zero-order valence-corrected chi connectivity index (χ0v) is 10.7. The third-order valence-corrected chi connectivity index (χ3v) is 3.60. The Morgan fingerprint density at radius 2 is 1.90 bits per heavy atom. The fraction of sp³-hybridized carbons (Fsp3) is 0. The number of nitrogens with one attached hydrogen (secondary N) is 2. The lowest BCUT2D eigenvalue weighted by atomic mass is 10.0. The van der Waals surface area contributed by atoms with Gasteiger partial charge in [-0.2, -0.15) is 0 Å². The minimum atomic E-state index is -0.0437. The van der Waals surface area contributed by atoms with E-state index in [0.29, 0.717) is 5.57 Å². The van der Waals surface area contributed by atoms with E-state index in [1.807, 2.05) is 48.7 Å². The van der Waals surface area contributed by atoms with Crippen molar-refractivity contribution in [3.05, 3.63) is 65.9 Å². The van der Waals surface area contributed by atoms with Crippen molar-refractivity contribution in [3.8, 4) is 0 Å². The molecule has 0 unspecified atom stereocenters. The van der Waals surface area contributed by atoms with Crippen molar-refractivity contribution >= 4 is 34.1 Å². The van der Waals surface area contributed by atoms with Gasteiger partial charge in [0.25, 0.3) is 5.91 Å². The summed E-state index contributed by atoms with van der Waals surface area (Å²) in [6.07, 6.45) is 3.85. The predicted molar refractivity (Wildman–Crippen MR) is 81.2 cm³/mol. The van der Waals surface area contributed by atoms with Crippen LogP contribution in [0.2, 0.25) is 0 Å². The van der Waals surface area contributed by atoms with Gasteiger partial charge in [0.05, 0.1) is 0 Å². The van der Waals surface area contributed by atoms with Crippen molar-refractivity contribution in [2.45, 2.75) is 0 Å². The number of para-hydroxylation sites is 1. The van der Waals surface area contributed by atoms with Gasteiger partial charge in [-0.25, -0.2) is 0 Å². The number of aromatic amines is 1. The summed E-state index contributed by atoms with van der Waals surface area (Å²) in [6.45, 7) is 0. The van der Waals surface area contributed by atoms with E-state index in [-0.39, 0.29) is 5.91 Å². The molecule has 0 radical (unpaired) electrons. The van der Waals surface area contributed by atoms with Crippen LogP contribution >= 0.6 is 0 Å². The lowest BCUT2D eigenvalue weighted by molar-refractivity contribution is -0.110. The molecule has 0 aliphatic carbocycles. The maximum atomic E-state index is 12.1. The van der Waals surface area contributed by atoms with Crippen molar-refractivity contribution < 1.29 is 4.79 Å². The molecule has 0 atom stereocenters. The molecule has 1 aliphatic rings. The van der Waals surface area contributed by atoms with Gasteiger partial charge in [0.15, 0.2) is 0 Å². The fourth-order valence-corrected chi connectivity index (χ4v) is 2.60. The number of rotatable bonds is 1. The highest BCUT2D eigenvalue weighted by atomic mass is 16.2. The molecule has 2 heterocycles. The predicted octanol–water partition coefficient (Wildman–Crippen LogP) is 3.66. The van der Waals surface area contributed by atoms with Crippen LogP contribution in [-0.2, 0) is 4.79 Å². The first kappa shape index (κ1) is 11.1. The van der Waals surface area contributed by atoms with Crippen LogP contribution in [-0.4, -0.2) is 10.9 Å². The number of benzene rings is 2. The molecule has 0 bridgehead atoms. The Hall–Kier alpha value is -2.81. The van der Waals surface area contributed by atoms with Crippen LogP contribution in [0.15, 0.2) is 54.7 Å². The number of hydrogen-bond acceptors (Lipinski definition) is 1. The molecule has 0 saturated heterocycles. The molecular formula is C17H12N2O. The molecule has 3 aromatic rings. The van der Waals surface area contributed by atoms with Gasteiger partial charge in [-0.1, -0.05) is 30.3 Å². The zero-order chi connectivity index (χ0) is 13.5. The average molecular weight is 260 g/mol. The Kier molecular flexibility index (Phi) is 2.27. The second-order valence-electron chi connectivity index (χ2n) is 4.88. The van der Waals surface area contributed by atoms with Crippen molar-refractivity contribution in [1.29, 1.82) is 0 Å². The summed E-state index contributed by atoms with van der Waals surface area (Å²) in [7, 11) is 0. The first-order valence-electron chi connectivity index (χ1n) is 6.51. The van der Waals surface area contributed by atoms with Gasteiger partial charge < -0.3 is 10.3 Å². The summed E-state index contributed by atoms with van der Waals surface area (Å²) in [4.78, 5) is 15.2. The van der Waals surface area contributed by atoms with Gasteiger partial charge in [-0.15, -0.1) is 0 Å². The summed E-state index contributed by atoms with van der Waals surface area (Å²) in [5.74, 6) is -0.0437. The Balaban J connectivity index is 1.85. The van der Waals surface area contributed by atoms with Crippen molar-refractivity contribution in [2.24, 2.45) is 0 Å². The van der Waals surface area contributed by atoms with E-state index in [2.05, 4.69) is 22.4 Å². The number of fused-ring (bicyclic) bond motifs is 2. The maximum Gasteiger partial charge on any atom is 0.256 e. The molecular weight excluding hydrogens is 248 g/mol. The standard InChI is InChI=1S/C17H12N2O/c20-17-14(13-3-1-2-4-15(13)19-17)9-11-5-6-12-7-8-18-16(12)10-11/h1-10,18H,(H,19,20). The molecule has 0 saturated carbocycles. The number of amides is 1. The highest BCUT2D eigenvalue weighted by Crippen LogP contribution is 2.32. The average Bonchev–Trinajstić information content (AvgIpc) is 3.04. The van der Waals surface area contributed by atoms with Crippen molar-refractivity contribution in [1.82, 2.24) is 4.98 Å². The Labute approximate surface area is 115 Å². The largest absolute Gasteiger partial charge is 0.361 e. The summed E-state index contributed by atoms with van der Waals surface area (Å²) in [5, 5.41) is 4.05. The van der Waals surface area contributed by atoms with Crippen LogP contribution in [0, 0.1) is 0 Å². The normalized spacial score (nSPS) is 15.6. The van der Waals surface area contributed by atoms with E-state index >= 15 is 0 Å². The second-order valence-corrected chi connectivity index (χ2v) is 4.88. The van der Waals surface area contributed by atoms with Crippen LogP contribution in [0.1, 0.15) is 11.1 Å². The molecule has 3 nitrogen and oxygen atoms in total. The third-order valence-electron chi connectivity index (χ3n) is 3.60. The topological polar surface area (TPSA) is 44.9 Å². The number of hydrogen-bond donors (Lipinski definition) is 2. The van der Waals surface area contributed by atoms with E-state index in [0.717, 1.165) is 22.3 Å². The van der Waals surface area contributed by atoms with E-state index in [1.165, 1.54) is 5.39 Å². The summed E-state index contributed by atoms with van der Waals surface area (Å²) in [5.41, 5.74) is 4.65. The summed E-state index contributed by atoms with van der Waals surface area (Å²) >= 11 is 0. The molecule has 4 rings (SSSR count). The Morgan fingerprint density at radius 1 is 1.00 bits per heavy atom. The van der Waals surface area contributed by atoms with Gasteiger partial charge in [-0.05, 0) is 35.2 Å². The molecule has 1 amide bonds. The molecule has 0 fully saturated rings. The summed E-state index contributed by atoms with van der Waals surface area (Å²) < 4.78 is 0. The smallest absolute Gasteiger partial charge is 0.256 e. The fourth-order valence-electron chi connectivity index (χ4n) is 2.60. The monoisotopic (exact) mass is 260 g/mol. The highest BCUT2D eigenvalue weighted by molar-refractivity contribution is 6.34. The highest BCUT2D eigenvalue weighted by Gasteiger charge is 2.23. The Morgan fingerprint density at radius 3 is 2.85 bits per heavy atom. The van der Waals surface area contributed by atoms with Gasteiger partial charge >= 0.3 is 0 Å². The zero-order valence-electron chi connectivity index (χ0n) is 10.7. The summed E-state index contributed by atoms with van der Waals surface area (Å²) in [6, 6.07) is 15.9. The van der Waals surface area contributed by atoms with E-state index in [9.17, 15) is 4.79 Å². The molecule has 0 spiro atoms.